The van der Waals surface area contributed by atoms with Gasteiger partial charge in [0.1, 0.15) is 11.2 Å². The molecule has 11 aromatic rings. The third kappa shape index (κ3) is 4.22. The number of hydrogen-bond donors (Lipinski definition) is 0. The first-order valence-corrected chi connectivity index (χ1v) is 16.4. The van der Waals surface area contributed by atoms with Crippen molar-refractivity contribution in [3.63, 3.8) is 0 Å². The van der Waals surface area contributed by atoms with Gasteiger partial charge in [-0.1, -0.05) is 157 Å². The Hall–Kier alpha value is -6.70. The van der Waals surface area contributed by atoms with E-state index in [4.69, 9.17) is 16.8 Å². The summed E-state index contributed by atoms with van der Waals surface area (Å²) in [5.74, 6) is 0. The zero-order valence-corrected chi connectivity index (χ0v) is 26.6. The summed E-state index contributed by atoms with van der Waals surface area (Å²) in [6.45, 7) is 0. The van der Waals surface area contributed by atoms with Crippen LogP contribution >= 0.6 is 0 Å². The van der Waals surface area contributed by atoms with Crippen LogP contribution in [0.25, 0.3) is 109 Å². The Bertz CT molecular complexity index is 3980. The average Bonchev–Trinajstić information content (AvgIpc) is 3.69. The highest BCUT2D eigenvalue weighted by Crippen LogP contribution is 2.48. The average molecular weight is 662 g/mol. The molecule has 0 unspecified atom stereocenters. The third-order valence-electron chi connectivity index (χ3n) is 9.70. The van der Waals surface area contributed by atoms with Crippen LogP contribution in [0.5, 0.6) is 0 Å². The van der Waals surface area contributed by atoms with Gasteiger partial charge in [-0.05, 0) is 111 Å². The van der Waals surface area contributed by atoms with Crippen LogP contribution in [0.3, 0.4) is 0 Å². The minimum absolute atomic E-state index is 0.0304. The Morgan fingerprint density at radius 3 is 1.67 bits per heavy atom. The molecule has 0 aliphatic carbocycles. The van der Waals surface area contributed by atoms with Crippen LogP contribution in [0, 0.1) is 0 Å². The van der Waals surface area contributed by atoms with Gasteiger partial charge in [-0.3, -0.25) is 0 Å². The molecule has 1 nitrogen and oxygen atoms in total. The van der Waals surface area contributed by atoms with Crippen molar-refractivity contribution in [2.45, 2.75) is 0 Å². The lowest BCUT2D eigenvalue weighted by atomic mass is 9.83. The molecule has 0 atom stereocenters. The standard InChI is InChI=1S/C50H30O/c1-2-13-33-28-36(27-26-31(33)12-1)48-37-18-5-7-20-40(37)49(41-21-8-6-19-38(41)48)43-24-10-17-32-16-9-22-39(47(32)43)42-23-11-25-45-50(42)44-29-34-14-3-4-15-35(34)30-46(44)51-45/h1-30H/i1D,2D,5D,6D,7D,8D,12D,13D,18D,19D,20D,21D,26D,27D,28D. The molecule has 11 rings (SSSR count). The zero-order valence-electron chi connectivity index (χ0n) is 41.6. The fraction of sp³-hybridized carbons (Fsp3) is 0. The largest absolute Gasteiger partial charge is 0.456 e. The number of rotatable bonds is 3. The third-order valence-corrected chi connectivity index (χ3v) is 9.70. The molecule has 0 saturated heterocycles. The summed E-state index contributed by atoms with van der Waals surface area (Å²) in [4.78, 5) is 0. The summed E-state index contributed by atoms with van der Waals surface area (Å²) in [6, 6.07) is 18.6. The summed E-state index contributed by atoms with van der Waals surface area (Å²) < 4.78 is 143. The normalized spacial score (nSPS) is 16.0. The monoisotopic (exact) mass is 661 g/mol. The van der Waals surface area contributed by atoms with Gasteiger partial charge in [-0.25, -0.2) is 0 Å². The van der Waals surface area contributed by atoms with Crippen molar-refractivity contribution in [2.75, 3.05) is 0 Å². The molecule has 0 amide bonds. The predicted octanol–water partition coefficient (Wildman–Crippen LogP) is 14.4. The van der Waals surface area contributed by atoms with E-state index in [-0.39, 0.29) is 32.7 Å². The first-order chi connectivity index (χ1) is 31.5. The number of benzene rings is 10. The Morgan fingerprint density at radius 2 is 0.941 bits per heavy atom. The Morgan fingerprint density at radius 1 is 0.373 bits per heavy atom. The van der Waals surface area contributed by atoms with Crippen molar-refractivity contribution in [3.05, 3.63) is 182 Å². The second-order valence-corrected chi connectivity index (χ2v) is 12.4. The molecule has 0 spiro atoms. The van der Waals surface area contributed by atoms with Crippen LogP contribution < -0.4 is 0 Å². The van der Waals surface area contributed by atoms with Gasteiger partial charge >= 0.3 is 0 Å². The van der Waals surface area contributed by atoms with Crippen LogP contribution in [-0.2, 0) is 0 Å². The maximum absolute atomic E-state index is 9.61. The summed E-state index contributed by atoms with van der Waals surface area (Å²) in [5, 5.41) is 3.09. The molecular weight excluding hydrogens is 617 g/mol. The molecule has 1 heteroatoms. The molecule has 0 aliphatic rings. The molecule has 0 fully saturated rings. The van der Waals surface area contributed by atoms with Crippen LogP contribution in [-0.4, -0.2) is 0 Å². The van der Waals surface area contributed by atoms with Gasteiger partial charge in [0.2, 0.25) is 0 Å². The van der Waals surface area contributed by atoms with Crippen LogP contribution in [0.2, 0.25) is 0 Å². The van der Waals surface area contributed by atoms with Crippen molar-refractivity contribution in [3.8, 4) is 33.4 Å². The molecule has 236 valence electrons. The van der Waals surface area contributed by atoms with E-state index >= 15 is 0 Å². The van der Waals surface area contributed by atoms with Crippen molar-refractivity contribution in [1.29, 1.82) is 0 Å². The highest BCUT2D eigenvalue weighted by atomic mass is 16.3. The topological polar surface area (TPSA) is 13.1 Å². The van der Waals surface area contributed by atoms with Crippen molar-refractivity contribution >= 4 is 75.8 Å². The lowest BCUT2D eigenvalue weighted by molar-refractivity contribution is 0.669. The quantitative estimate of drug-likeness (QED) is 0.172. The van der Waals surface area contributed by atoms with E-state index in [0.717, 1.165) is 27.1 Å². The van der Waals surface area contributed by atoms with E-state index in [1.54, 1.807) is 12.1 Å². The molecule has 0 saturated carbocycles. The van der Waals surface area contributed by atoms with Gasteiger partial charge in [0.05, 0.1) is 20.6 Å². The molecule has 10 aromatic carbocycles. The van der Waals surface area contributed by atoms with Crippen LogP contribution in [0.1, 0.15) is 20.6 Å². The summed E-state index contributed by atoms with van der Waals surface area (Å²) in [5.41, 5.74) is 2.22. The summed E-state index contributed by atoms with van der Waals surface area (Å²) in [6.07, 6.45) is 0. The van der Waals surface area contributed by atoms with E-state index in [2.05, 4.69) is 6.07 Å². The van der Waals surface area contributed by atoms with Gasteiger partial charge in [0, 0.05) is 10.8 Å². The Kier molecular flexibility index (Phi) is 3.70. The summed E-state index contributed by atoms with van der Waals surface area (Å²) >= 11 is 0. The van der Waals surface area contributed by atoms with Gasteiger partial charge < -0.3 is 4.42 Å². The van der Waals surface area contributed by atoms with Crippen molar-refractivity contribution < 1.29 is 25.0 Å². The molecule has 0 N–H and O–H groups in total. The van der Waals surface area contributed by atoms with Crippen molar-refractivity contribution in [2.24, 2.45) is 0 Å². The number of hydrogen-bond acceptors (Lipinski definition) is 1. The van der Waals surface area contributed by atoms with Gasteiger partial charge in [-0.2, -0.15) is 0 Å². The van der Waals surface area contributed by atoms with E-state index in [1.807, 2.05) is 72.8 Å². The smallest absolute Gasteiger partial charge is 0.136 e. The fourth-order valence-electron chi connectivity index (χ4n) is 7.56. The van der Waals surface area contributed by atoms with Crippen LogP contribution in [0.4, 0.5) is 0 Å². The van der Waals surface area contributed by atoms with E-state index in [9.17, 15) is 8.22 Å². The molecule has 0 radical (unpaired) electrons. The first kappa shape index (κ1) is 17.3. The summed E-state index contributed by atoms with van der Waals surface area (Å²) in [7, 11) is 0. The highest BCUT2D eigenvalue weighted by molar-refractivity contribution is 6.26. The second-order valence-electron chi connectivity index (χ2n) is 12.4. The lowest BCUT2D eigenvalue weighted by Crippen LogP contribution is -1.93. The van der Waals surface area contributed by atoms with Gasteiger partial charge in [-0.15, -0.1) is 0 Å². The maximum Gasteiger partial charge on any atom is 0.136 e. The second kappa shape index (κ2) is 10.9. The molecule has 1 heterocycles. The minimum atomic E-state index is -0.742. The number of fused-ring (bicyclic) bond motifs is 8. The predicted molar refractivity (Wildman–Crippen MR) is 218 cm³/mol. The fourth-order valence-corrected chi connectivity index (χ4v) is 7.56. The molecule has 1 aromatic heterocycles. The van der Waals surface area contributed by atoms with Crippen molar-refractivity contribution in [1.82, 2.24) is 0 Å². The lowest BCUT2D eigenvalue weighted by Gasteiger charge is -2.20. The van der Waals surface area contributed by atoms with E-state index in [1.165, 1.54) is 0 Å². The van der Waals surface area contributed by atoms with E-state index < -0.39 is 107 Å². The molecule has 0 aliphatic heterocycles. The SMILES string of the molecule is [2H]c1c([2H])c([2H])c2c([2H])c(-c3c4c([2H])c([2H])c([2H])c([2H])c4c(-c4cccc5cccc(-c6cccc7oc8cc9ccccc9cc8c67)c45)c4c([2H])c([2H])c([2H])c([2H])c34)c([2H])c([2H])c2c1[2H]. The molecular formula is C50H30O. The van der Waals surface area contributed by atoms with Gasteiger partial charge in [0.15, 0.2) is 0 Å². The first-order valence-electron chi connectivity index (χ1n) is 23.9. The minimum Gasteiger partial charge on any atom is -0.456 e. The molecule has 51 heavy (non-hydrogen) atoms. The maximum atomic E-state index is 9.61. The zero-order chi connectivity index (χ0) is 46.5. The molecule has 0 bridgehead atoms. The van der Waals surface area contributed by atoms with E-state index in [0.29, 0.717) is 33.1 Å². The number of furan rings is 1. The highest BCUT2D eigenvalue weighted by Gasteiger charge is 2.21. The van der Waals surface area contributed by atoms with Crippen LogP contribution in [0.15, 0.2) is 186 Å². The van der Waals surface area contributed by atoms with Gasteiger partial charge in [0.25, 0.3) is 0 Å². The Labute approximate surface area is 315 Å². The Balaban J connectivity index is 1.38.